The summed E-state index contributed by atoms with van der Waals surface area (Å²) in [7, 11) is 0.830. The van der Waals surface area contributed by atoms with E-state index in [4.69, 9.17) is 5.11 Å². The lowest BCUT2D eigenvalue weighted by molar-refractivity contribution is -0.385. The fourth-order valence-corrected chi connectivity index (χ4v) is 1.18. The summed E-state index contributed by atoms with van der Waals surface area (Å²) >= 11 is 0. The van der Waals surface area contributed by atoms with Crippen LogP contribution in [0.4, 0.5) is 18.9 Å². The number of nitro groups is 1. The average molecular weight is 282 g/mol. The van der Waals surface area contributed by atoms with Crippen LogP contribution in [-0.4, -0.2) is 34.5 Å². The number of nitrogens with zero attached hydrogens (tertiary/aromatic N) is 2. The van der Waals surface area contributed by atoms with Crippen LogP contribution in [0.25, 0.3) is 0 Å². The zero-order chi connectivity index (χ0) is 14.8. The van der Waals surface area contributed by atoms with Crippen LogP contribution in [0.3, 0.4) is 0 Å². The van der Waals surface area contributed by atoms with Crippen LogP contribution in [-0.2, 0) is 0 Å². The van der Waals surface area contributed by atoms with E-state index < -0.39 is 40.1 Å². The molecule has 0 saturated carbocycles. The first-order valence-electron chi connectivity index (χ1n) is 4.37. The highest BCUT2D eigenvalue weighted by atomic mass is 19.4. The summed E-state index contributed by atoms with van der Waals surface area (Å²) in [6.07, 6.45) is -4.81. The lowest BCUT2D eigenvalue weighted by atomic mass is 10.2. The second-order valence-corrected chi connectivity index (χ2v) is 2.97. The number of hydrogen-bond acceptors (Lipinski definition) is 6. The molecule has 0 bridgehead atoms. The minimum Gasteiger partial charge on any atom is -0.490 e. The molecule has 0 spiro atoms. The smallest absolute Gasteiger partial charge is 0.490 e. The monoisotopic (exact) mass is 282 g/mol. The van der Waals surface area contributed by atoms with Crippen molar-refractivity contribution in [1.29, 1.82) is 0 Å². The molecule has 1 heterocycles. The van der Waals surface area contributed by atoms with Crippen molar-refractivity contribution in [3.8, 4) is 11.6 Å². The number of pyridine rings is 1. The van der Waals surface area contributed by atoms with Crippen LogP contribution in [0.5, 0.6) is 11.6 Å². The third-order valence-corrected chi connectivity index (χ3v) is 1.81. The summed E-state index contributed by atoms with van der Waals surface area (Å²) in [6.45, 7) is 0. The van der Waals surface area contributed by atoms with Gasteiger partial charge in [-0.2, -0.15) is 0 Å². The topological polar surface area (TPSA) is 112 Å². The highest BCUT2D eigenvalue weighted by Gasteiger charge is 2.37. The Kier molecular flexibility index (Phi) is 3.77. The number of carbonyl (C=O) groups is 1. The molecule has 19 heavy (non-hydrogen) atoms. The number of rotatable bonds is 4. The first kappa shape index (κ1) is 14.5. The molecule has 0 fully saturated rings. The number of ether oxygens (including phenoxy) is 2. The molecule has 0 aliphatic heterocycles. The van der Waals surface area contributed by atoms with E-state index in [-0.39, 0.29) is 0 Å². The van der Waals surface area contributed by atoms with E-state index in [0.29, 0.717) is 6.20 Å². The average Bonchev–Trinajstić information content (AvgIpc) is 2.25. The predicted molar refractivity (Wildman–Crippen MR) is 51.1 cm³/mol. The molecule has 1 N–H and O–H groups in total. The van der Waals surface area contributed by atoms with E-state index in [2.05, 4.69) is 14.5 Å². The summed E-state index contributed by atoms with van der Waals surface area (Å²) in [6, 6.07) is 0. The van der Waals surface area contributed by atoms with E-state index in [0.717, 1.165) is 7.11 Å². The fraction of sp³-hybridized carbons (Fsp3) is 0.250. The molecule has 11 heteroatoms. The van der Waals surface area contributed by atoms with Crippen molar-refractivity contribution >= 4 is 11.7 Å². The zero-order valence-corrected chi connectivity index (χ0v) is 9.09. The number of methoxy groups -OCH3 is 1. The van der Waals surface area contributed by atoms with Gasteiger partial charge in [0, 0.05) is 0 Å². The number of hydrogen-bond donors (Lipinski definition) is 1. The SMILES string of the molecule is COc1c(OC(F)(F)F)ncc([N+](=O)[O-])c1C(=O)O. The van der Waals surface area contributed by atoms with E-state index in [1.165, 1.54) is 0 Å². The Labute approximate surface area is 102 Å². The van der Waals surface area contributed by atoms with Crippen molar-refractivity contribution in [1.82, 2.24) is 4.98 Å². The number of aromatic nitrogens is 1. The molecule has 0 atom stereocenters. The maximum absolute atomic E-state index is 12.1. The number of carboxylic acid groups (broad SMARTS) is 1. The van der Waals surface area contributed by atoms with Crippen LogP contribution < -0.4 is 9.47 Å². The third kappa shape index (κ3) is 3.20. The van der Waals surface area contributed by atoms with Crippen LogP contribution in [0.1, 0.15) is 10.4 Å². The number of halogens is 3. The largest absolute Gasteiger partial charge is 0.574 e. The van der Waals surface area contributed by atoms with Gasteiger partial charge in [-0.15, -0.1) is 13.2 Å². The van der Waals surface area contributed by atoms with Crippen LogP contribution in [0.15, 0.2) is 6.20 Å². The Morgan fingerprint density at radius 3 is 2.47 bits per heavy atom. The Balaban J connectivity index is 3.49. The van der Waals surface area contributed by atoms with Crippen molar-refractivity contribution in [2.75, 3.05) is 7.11 Å². The van der Waals surface area contributed by atoms with E-state index in [9.17, 15) is 28.1 Å². The van der Waals surface area contributed by atoms with Crippen LogP contribution in [0, 0.1) is 10.1 Å². The molecule has 1 aromatic rings. The number of alkyl halides is 3. The highest BCUT2D eigenvalue weighted by Crippen LogP contribution is 2.37. The molecule has 8 nitrogen and oxygen atoms in total. The van der Waals surface area contributed by atoms with Gasteiger partial charge in [0.2, 0.25) is 5.75 Å². The van der Waals surface area contributed by atoms with Gasteiger partial charge in [0.05, 0.1) is 12.0 Å². The normalized spacial score (nSPS) is 10.9. The quantitative estimate of drug-likeness (QED) is 0.659. The van der Waals surface area contributed by atoms with Gasteiger partial charge in [-0.05, 0) is 0 Å². The van der Waals surface area contributed by atoms with Gasteiger partial charge in [0.1, 0.15) is 6.20 Å². The minimum atomic E-state index is -5.15. The lowest BCUT2D eigenvalue weighted by Crippen LogP contribution is -2.19. The summed E-state index contributed by atoms with van der Waals surface area (Å²) in [5.74, 6) is -4.06. The van der Waals surface area contributed by atoms with Gasteiger partial charge in [0.25, 0.3) is 5.88 Å². The van der Waals surface area contributed by atoms with Gasteiger partial charge in [-0.25, -0.2) is 9.78 Å². The van der Waals surface area contributed by atoms with E-state index in [1.807, 2.05) is 0 Å². The molecule has 0 aliphatic carbocycles. The Morgan fingerprint density at radius 2 is 2.11 bits per heavy atom. The standard InChI is InChI=1S/C8H5F3N2O6/c1-18-5-4(7(14)15)3(13(16)17)2-12-6(5)19-8(9,10)11/h2H,1H3,(H,14,15). The lowest BCUT2D eigenvalue weighted by Gasteiger charge is -2.12. The molecule has 1 aromatic heterocycles. The number of aromatic carboxylic acids is 1. The van der Waals surface area contributed by atoms with Crippen LogP contribution >= 0.6 is 0 Å². The molecule has 0 aromatic carbocycles. The number of carboxylic acids is 1. The molecule has 104 valence electrons. The Bertz CT molecular complexity index is 530. The van der Waals surface area contributed by atoms with Gasteiger partial charge in [-0.3, -0.25) is 10.1 Å². The zero-order valence-electron chi connectivity index (χ0n) is 9.09. The maximum atomic E-state index is 12.1. The molecular weight excluding hydrogens is 277 g/mol. The minimum absolute atomic E-state index is 0.340. The molecule has 0 saturated heterocycles. The summed E-state index contributed by atoms with van der Waals surface area (Å²) in [5.41, 5.74) is -2.10. The van der Waals surface area contributed by atoms with Gasteiger partial charge < -0.3 is 14.6 Å². The maximum Gasteiger partial charge on any atom is 0.574 e. The first-order chi connectivity index (χ1) is 8.67. The molecular formula is C8H5F3N2O6. The summed E-state index contributed by atoms with van der Waals surface area (Å²) in [5, 5.41) is 19.4. The van der Waals surface area contributed by atoms with Gasteiger partial charge >= 0.3 is 18.0 Å². The molecule has 0 aliphatic rings. The predicted octanol–water partition coefficient (Wildman–Crippen LogP) is 1.60. The molecule has 0 amide bonds. The van der Waals surface area contributed by atoms with Crippen molar-refractivity contribution < 1.29 is 37.5 Å². The first-order valence-corrected chi connectivity index (χ1v) is 4.37. The third-order valence-electron chi connectivity index (χ3n) is 1.81. The van der Waals surface area contributed by atoms with E-state index in [1.54, 1.807) is 0 Å². The highest BCUT2D eigenvalue weighted by molar-refractivity contribution is 5.96. The van der Waals surface area contributed by atoms with Gasteiger partial charge in [-0.1, -0.05) is 0 Å². The van der Waals surface area contributed by atoms with Crippen molar-refractivity contribution in [2.24, 2.45) is 0 Å². The molecule has 1 rings (SSSR count). The van der Waals surface area contributed by atoms with Crippen molar-refractivity contribution in [3.63, 3.8) is 0 Å². The Morgan fingerprint density at radius 1 is 1.53 bits per heavy atom. The van der Waals surface area contributed by atoms with Crippen molar-refractivity contribution in [2.45, 2.75) is 6.36 Å². The summed E-state index contributed by atoms with van der Waals surface area (Å²) < 4.78 is 44.0. The summed E-state index contributed by atoms with van der Waals surface area (Å²) in [4.78, 5) is 23.4. The van der Waals surface area contributed by atoms with E-state index >= 15 is 0 Å². The molecule has 0 radical (unpaired) electrons. The van der Waals surface area contributed by atoms with Gasteiger partial charge in [0.15, 0.2) is 5.56 Å². The molecule has 0 unspecified atom stereocenters. The van der Waals surface area contributed by atoms with Crippen molar-refractivity contribution in [3.05, 3.63) is 21.9 Å². The fourth-order valence-electron chi connectivity index (χ4n) is 1.18. The van der Waals surface area contributed by atoms with Crippen LogP contribution in [0.2, 0.25) is 0 Å². The second-order valence-electron chi connectivity index (χ2n) is 2.97. The Hall–Kier alpha value is -2.59. The second kappa shape index (κ2) is 4.96.